The van der Waals surface area contributed by atoms with E-state index < -0.39 is 39.9 Å². The number of hydrogen-bond acceptors (Lipinski definition) is 4. The van der Waals surface area contributed by atoms with Gasteiger partial charge in [0, 0.05) is 12.1 Å². The molecule has 0 aliphatic rings. The van der Waals surface area contributed by atoms with Crippen LogP contribution in [0.2, 0.25) is 10.0 Å². The second kappa shape index (κ2) is 13.0. The van der Waals surface area contributed by atoms with Gasteiger partial charge >= 0.3 is 0 Å². The van der Waals surface area contributed by atoms with Crippen molar-refractivity contribution in [2.45, 2.75) is 57.1 Å². The monoisotopic (exact) mass is 607 g/mol. The average Bonchev–Trinajstić information content (AvgIpc) is 2.89. The number of amides is 2. The minimum absolute atomic E-state index is 0.0333. The molecule has 0 aliphatic heterocycles. The largest absolute Gasteiger partial charge is 0.350 e. The summed E-state index contributed by atoms with van der Waals surface area (Å²) >= 11 is 12.3. The fourth-order valence-electron chi connectivity index (χ4n) is 4.06. The Bertz CT molecular complexity index is 1450. The number of hydrogen-bond donors (Lipinski definition) is 1. The highest BCUT2D eigenvalue weighted by molar-refractivity contribution is 7.92. The van der Waals surface area contributed by atoms with Gasteiger partial charge in [0.25, 0.3) is 10.0 Å². The van der Waals surface area contributed by atoms with Crippen LogP contribution in [-0.4, -0.2) is 43.3 Å². The van der Waals surface area contributed by atoms with E-state index in [0.717, 1.165) is 16.4 Å². The molecule has 3 rings (SSSR count). The maximum absolute atomic E-state index is 14.0. The molecule has 3 aromatic carbocycles. The summed E-state index contributed by atoms with van der Waals surface area (Å²) in [4.78, 5) is 28.6. The van der Waals surface area contributed by atoms with Crippen LogP contribution in [0, 0.1) is 5.82 Å². The molecule has 0 spiro atoms. The number of sulfonamides is 1. The third-order valence-electron chi connectivity index (χ3n) is 5.95. The molecule has 0 fully saturated rings. The maximum atomic E-state index is 14.0. The Labute approximate surface area is 244 Å². The molecule has 3 aromatic rings. The van der Waals surface area contributed by atoms with Gasteiger partial charge in [-0.15, -0.1) is 0 Å². The van der Waals surface area contributed by atoms with Crippen molar-refractivity contribution in [1.29, 1.82) is 0 Å². The summed E-state index contributed by atoms with van der Waals surface area (Å²) in [6.07, 6.45) is 0.261. The molecule has 0 bridgehead atoms. The Morgan fingerprint density at radius 3 is 2.12 bits per heavy atom. The third-order valence-corrected chi connectivity index (χ3v) is 8.47. The van der Waals surface area contributed by atoms with E-state index in [1.54, 1.807) is 43.3 Å². The predicted octanol–water partition coefficient (Wildman–Crippen LogP) is 6.05. The molecular weight excluding hydrogens is 576 g/mol. The van der Waals surface area contributed by atoms with Crippen molar-refractivity contribution >= 4 is 50.7 Å². The van der Waals surface area contributed by atoms with Crippen LogP contribution in [-0.2, 0) is 26.2 Å². The van der Waals surface area contributed by atoms with E-state index in [9.17, 15) is 22.4 Å². The fourth-order valence-corrected chi connectivity index (χ4v) is 5.82. The first-order valence-corrected chi connectivity index (χ1v) is 14.8. The molecule has 0 heterocycles. The van der Waals surface area contributed by atoms with Gasteiger partial charge in [-0.1, -0.05) is 54.4 Å². The minimum atomic E-state index is -4.24. The Balaban J connectivity index is 2.07. The van der Waals surface area contributed by atoms with Crippen LogP contribution in [0.3, 0.4) is 0 Å². The first-order valence-electron chi connectivity index (χ1n) is 12.6. The number of benzene rings is 3. The van der Waals surface area contributed by atoms with Gasteiger partial charge in [0.15, 0.2) is 0 Å². The molecule has 0 unspecified atom stereocenters. The van der Waals surface area contributed by atoms with Gasteiger partial charge in [-0.05, 0) is 81.3 Å². The SMILES string of the molecule is CC[C@H](C(=O)NC(C)(C)C)N(Cc1ccc(Cl)c(Cl)c1)C(=O)CN(c1ccc(F)cc1)S(=O)(=O)c1ccccc1. The van der Waals surface area contributed by atoms with E-state index in [1.165, 1.54) is 29.2 Å². The van der Waals surface area contributed by atoms with Gasteiger partial charge in [0.1, 0.15) is 18.4 Å². The van der Waals surface area contributed by atoms with E-state index in [2.05, 4.69) is 5.32 Å². The standard InChI is InChI=1S/C29H32Cl2FN3O4S/c1-5-26(28(37)33-29(2,3)4)34(18-20-11-16-24(30)25(31)17-20)27(36)19-35(22-14-12-21(32)13-15-22)40(38,39)23-9-7-6-8-10-23/h6-17,26H,5,18-19H2,1-4H3,(H,33,37)/t26-/m1/s1. The van der Waals surface area contributed by atoms with Crippen molar-refractivity contribution in [2.24, 2.45) is 0 Å². The molecule has 11 heteroatoms. The topological polar surface area (TPSA) is 86.8 Å². The summed E-state index contributed by atoms with van der Waals surface area (Å²) in [5.41, 5.74) is 0.129. The summed E-state index contributed by atoms with van der Waals surface area (Å²) in [6, 6.07) is 16.4. The van der Waals surface area contributed by atoms with E-state index in [-0.39, 0.29) is 34.5 Å². The highest BCUT2D eigenvalue weighted by atomic mass is 35.5. The molecule has 0 aromatic heterocycles. The smallest absolute Gasteiger partial charge is 0.264 e. The lowest BCUT2D eigenvalue weighted by Crippen LogP contribution is -2.55. The highest BCUT2D eigenvalue weighted by Crippen LogP contribution is 2.27. The second-order valence-electron chi connectivity index (χ2n) is 10.2. The van der Waals surface area contributed by atoms with E-state index in [4.69, 9.17) is 23.2 Å². The molecule has 1 N–H and O–H groups in total. The van der Waals surface area contributed by atoms with Crippen molar-refractivity contribution in [1.82, 2.24) is 10.2 Å². The number of nitrogens with one attached hydrogen (secondary N) is 1. The first kappa shape index (κ1) is 31.4. The van der Waals surface area contributed by atoms with Crippen LogP contribution in [0.5, 0.6) is 0 Å². The number of carbonyl (C=O) groups is 2. The van der Waals surface area contributed by atoms with Crippen LogP contribution >= 0.6 is 23.2 Å². The summed E-state index contributed by atoms with van der Waals surface area (Å²) in [5.74, 6) is -1.58. The molecule has 7 nitrogen and oxygen atoms in total. The molecule has 0 saturated carbocycles. The molecular formula is C29H32Cl2FN3O4S. The second-order valence-corrected chi connectivity index (χ2v) is 12.9. The molecule has 0 aliphatic carbocycles. The Morgan fingerprint density at radius 1 is 0.950 bits per heavy atom. The lowest BCUT2D eigenvalue weighted by Gasteiger charge is -2.34. The summed E-state index contributed by atoms with van der Waals surface area (Å²) in [6.45, 7) is 6.57. The van der Waals surface area contributed by atoms with Gasteiger partial charge in [-0.25, -0.2) is 12.8 Å². The average molecular weight is 609 g/mol. The minimum Gasteiger partial charge on any atom is -0.350 e. The lowest BCUT2D eigenvalue weighted by molar-refractivity contribution is -0.141. The Morgan fingerprint density at radius 2 is 1.57 bits per heavy atom. The van der Waals surface area contributed by atoms with Crippen molar-refractivity contribution in [3.8, 4) is 0 Å². The van der Waals surface area contributed by atoms with Crippen molar-refractivity contribution < 1.29 is 22.4 Å². The zero-order valence-corrected chi connectivity index (χ0v) is 25.0. The number of rotatable bonds is 10. The number of anilines is 1. The van der Waals surface area contributed by atoms with Crippen molar-refractivity contribution in [2.75, 3.05) is 10.8 Å². The van der Waals surface area contributed by atoms with Crippen LogP contribution in [0.15, 0.2) is 77.7 Å². The van der Waals surface area contributed by atoms with E-state index >= 15 is 0 Å². The van der Waals surface area contributed by atoms with Gasteiger partial charge in [0.2, 0.25) is 11.8 Å². The summed E-state index contributed by atoms with van der Waals surface area (Å²) in [5, 5.41) is 3.51. The van der Waals surface area contributed by atoms with Gasteiger partial charge < -0.3 is 10.2 Å². The zero-order valence-electron chi connectivity index (χ0n) is 22.7. The van der Waals surface area contributed by atoms with Crippen molar-refractivity contribution in [3.05, 3.63) is 94.2 Å². The quantitative estimate of drug-likeness (QED) is 0.304. The molecule has 214 valence electrons. The molecule has 0 saturated heterocycles. The maximum Gasteiger partial charge on any atom is 0.264 e. The zero-order chi connectivity index (χ0) is 29.7. The van der Waals surface area contributed by atoms with E-state index in [0.29, 0.717) is 10.6 Å². The van der Waals surface area contributed by atoms with E-state index in [1.807, 2.05) is 20.8 Å². The first-order chi connectivity index (χ1) is 18.7. The third kappa shape index (κ3) is 7.96. The fraction of sp³-hybridized carbons (Fsp3) is 0.310. The molecule has 0 radical (unpaired) electrons. The summed E-state index contributed by atoms with van der Waals surface area (Å²) < 4.78 is 42.1. The molecule has 40 heavy (non-hydrogen) atoms. The van der Waals surface area contributed by atoms with Crippen molar-refractivity contribution in [3.63, 3.8) is 0 Å². The van der Waals surface area contributed by atoms with Gasteiger partial charge in [-0.3, -0.25) is 13.9 Å². The lowest BCUT2D eigenvalue weighted by atomic mass is 10.1. The Hall–Kier alpha value is -3.14. The number of halogens is 3. The number of carbonyl (C=O) groups excluding carboxylic acids is 2. The predicted molar refractivity (Wildman–Crippen MR) is 156 cm³/mol. The van der Waals surface area contributed by atoms with Crippen LogP contribution in [0.4, 0.5) is 10.1 Å². The summed E-state index contributed by atoms with van der Waals surface area (Å²) in [7, 11) is -4.24. The number of nitrogens with zero attached hydrogens (tertiary/aromatic N) is 2. The van der Waals surface area contributed by atoms with Gasteiger partial charge in [-0.2, -0.15) is 0 Å². The van der Waals surface area contributed by atoms with Crippen LogP contribution in [0.1, 0.15) is 39.7 Å². The molecule has 1 atom stereocenters. The Kier molecular flexibility index (Phi) is 10.2. The van der Waals surface area contributed by atoms with Crippen LogP contribution in [0.25, 0.3) is 0 Å². The highest BCUT2D eigenvalue weighted by Gasteiger charge is 2.34. The van der Waals surface area contributed by atoms with Gasteiger partial charge in [0.05, 0.1) is 20.6 Å². The normalized spacial score (nSPS) is 12.5. The van der Waals surface area contributed by atoms with Crippen LogP contribution < -0.4 is 9.62 Å². The molecule has 2 amide bonds.